The van der Waals surface area contributed by atoms with Crippen molar-refractivity contribution in [2.75, 3.05) is 7.11 Å². The lowest BCUT2D eigenvalue weighted by Crippen LogP contribution is -2.13. The molecule has 1 aromatic carbocycles. The minimum Gasteiger partial charge on any atom is -0.497 e. The topological polar surface area (TPSA) is 35.2 Å². The van der Waals surface area contributed by atoms with Crippen LogP contribution in [0.1, 0.15) is 30.9 Å². The second-order valence-electron chi connectivity index (χ2n) is 4.17. The first kappa shape index (κ1) is 10.4. The SMILES string of the molecule is COc1ccc(F)c([C@H](N)CC2CC2)c1. The Labute approximate surface area is 89.2 Å². The zero-order valence-corrected chi connectivity index (χ0v) is 8.87. The van der Waals surface area contributed by atoms with E-state index in [2.05, 4.69) is 0 Å². The van der Waals surface area contributed by atoms with Crippen LogP contribution in [0.15, 0.2) is 18.2 Å². The maximum Gasteiger partial charge on any atom is 0.128 e. The fraction of sp³-hybridized carbons (Fsp3) is 0.500. The van der Waals surface area contributed by atoms with Crippen LogP contribution in [0.3, 0.4) is 0 Å². The van der Waals surface area contributed by atoms with Crippen LogP contribution in [0.4, 0.5) is 4.39 Å². The van der Waals surface area contributed by atoms with E-state index in [1.165, 1.54) is 18.9 Å². The molecular formula is C12H16FNO. The smallest absolute Gasteiger partial charge is 0.128 e. The molecule has 0 unspecified atom stereocenters. The first-order chi connectivity index (χ1) is 7.20. The quantitative estimate of drug-likeness (QED) is 0.827. The van der Waals surface area contributed by atoms with Crippen molar-refractivity contribution in [1.82, 2.24) is 0 Å². The van der Waals surface area contributed by atoms with Gasteiger partial charge in [0, 0.05) is 11.6 Å². The summed E-state index contributed by atoms with van der Waals surface area (Å²) >= 11 is 0. The minimum atomic E-state index is -0.232. The standard InChI is InChI=1S/C12H16FNO/c1-15-9-4-5-11(13)10(7-9)12(14)6-8-2-3-8/h4-5,7-8,12H,2-3,6,14H2,1H3/t12-/m1/s1. The Hall–Kier alpha value is -1.09. The maximum atomic E-state index is 13.5. The number of hydrogen-bond acceptors (Lipinski definition) is 2. The van der Waals surface area contributed by atoms with E-state index >= 15 is 0 Å². The lowest BCUT2D eigenvalue weighted by atomic mass is 10.0. The lowest BCUT2D eigenvalue weighted by molar-refractivity contribution is 0.411. The summed E-state index contributed by atoms with van der Waals surface area (Å²) in [6, 6.07) is 4.53. The van der Waals surface area contributed by atoms with Gasteiger partial charge >= 0.3 is 0 Å². The van der Waals surface area contributed by atoms with Gasteiger partial charge in [-0.05, 0) is 30.5 Å². The summed E-state index contributed by atoms with van der Waals surface area (Å²) in [6.07, 6.45) is 3.35. The molecule has 2 N–H and O–H groups in total. The Kier molecular flexibility index (Phi) is 2.91. The van der Waals surface area contributed by atoms with E-state index in [0.29, 0.717) is 17.2 Å². The highest BCUT2D eigenvalue weighted by atomic mass is 19.1. The third kappa shape index (κ3) is 2.48. The molecule has 0 amide bonds. The minimum absolute atomic E-state index is 0.201. The van der Waals surface area contributed by atoms with E-state index < -0.39 is 0 Å². The van der Waals surface area contributed by atoms with Gasteiger partial charge in [-0.25, -0.2) is 4.39 Å². The molecule has 1 aliphatic carbocycles. The molecule has 1 aliphatic rings. The molecule has 0 spiro atoms. The fourth-order valence-electron chi connectivity index (χ4n) is 1.77. The first-order valence-corrected chi connectivity index (χ1v) is 5.29. The Morgan fingerprint density at radius 2 is 2.27 bits per heavy atom. The number of methoxy groups -OCH3 is 1. The Bertz CT molecular complexity index is 349. The summed E-state index contributed by atoms with van der Waals surface area (Å²) in [5.74, 6) is 1.13. The van der Waals surface area contributed by atoms with Crippen molar-refractivity contribution < 1.29 is 9.13 Å². The molecule has 3 heteroatoms. The van der Waals surface area contributed by atoms with Crippen LogP contribution in [-0.4, -0.2) is 7.11 Å². The van der Waals surface area contributed by atoms with Crippen molar-refractivity contribution in [2.45, 2.75) is 25.3 Å². The summed E-state index contributed by atoms with van der Waals surface area (Å²) in [4.78, 5) is 0. The molecule has 1 saturated carbocycles. The van der Waals surface area contributed by atoms with Crippen molar-refractivity contribution >= 4 is 0 Å². The van der Waals surface area contributed by atoms with Crippen molar-refractivity contribution in [2.24, 2.45) is 11.7 Å². The highest BCUT2D eigenvalue weighted by Crippen LogP contribution is 2.37. The Morgan fingerprint density at radius 3 is 2.87 bits per heavy atom. The monoisotopic (exact) mass is 209 g/mol. The second-order valence-corrected chi connectivity index (χ2v) is 4.17. The van der Waals surface area contributed by atoms with E-state index in [1.807, 2.05) is 0 Å². The normalized spacial score (nSPS) is 17.5. The second kappa shape index (κ2) is 4.19. The van der Waals surface area contributed by atoms with Crippen LogP contribution in [0.2, 0.25) is 0 Å². The van der Waals surface area contributed by atoms with Crippen molar-refractivity contribution in [3.05, 3.63) is 29.6 Å². The molecule has 15 heavy (non-hydrogen) atoms. The van der Waals surface area contributed by atoms with E-state index in [1.54, 1.807) is 19.2 Å². The van der Waals surface area contributed by atoms with Crippen LogP contribution in [0.25, 0.3) is 0 Å². The van der Waals surface area contributed by atoms with Crippen LogP contribution in [0, 0.1) is 11.7 Å². The highest BCUT2D eigenvalue weighted by molar-refractivity contribution is 5.31. The van der Waals surface area contributed by atoms with Crippen molar-refractivity contribution in [3.63, 3.8) is 0 Å². The largest absolute Gasteiger partial charge is 0.497 e. The number of rotatable bonds is 4. The van der Waals surface area contributed by atoms with Crippen molar-refractivity contribution in [1.29, 1.82) is 0 Å². The van der Waals surface area contributed by atoms with Gasteiger partial charge in [-0.2, -0.15) is 0 Å². The first-order valence-electron chi connectivity index (χ1n) is 5.29. The third-order valence-electron chi connectivity index (χ3n) is 2.89. The van der Waals surface area contributed by atoms with Gasteiger partial charge in [0.25, 0.3) is 0 Å². The average Bonchev–Trinajstić information content (AvgIpc) is 3.02. The van der Waals surface area contributed by atoms with Crippen molar-refractivity contribution in [3.8, 4) is 5.75 Å². The molecule has 0 bridgehead atoms. The van der Waals surface area contributed by atoms with E-state index in [0.717, 1.165) is 6.42 Å². The number of nitrogens with two attached hydrogens (primary N) is 1. The van der Waals surface area contributed by atoms with E-state index in [9.17, 15) is 4.39 Å². The summed E-state index contributed by atoms with van der Waals surface area (Å²) in [6.45, 7) is 0. The third-order valence-corrected chi connectivity index (χ3v) is 2.89. The maximum absolute atomic E-state index is 13.5. The van der Waals surface area contributed by atoms with Gasteiger partial charge in [0.15, 0.2) is 0 Å². The number of hydrogen-bond donors (Lipinski definition) is 1. The predicted molar refractivity (Wildman–Crippen MR) is 57.2 cm³/mol. The Morgan fingerprint density at radius 1 is 1.53 bits per heavy atom. The van der Waals surface area contributed by atoms with Gasteiger partial charge in [0.2, 0.25) is 0 Å². The number of ether oxygens (including phenoxy) is 1. The molecule has 2 nitrogen and oxygen atoms in total. The molecule has 1 atom stereocenters. The molecule has 1 aromatic rings. The van der Waals surface area contributed by atoms with Crippen LogP contribution >= 0.6 is 0 Å². The van der Waals surface area contributed by atoms with Gasteiger partial charge in [-0.15, -0.1) is 0 Å². The number of benzene rings is 1. The predicted octanol–water partition coefficient (Wildman–Crippen LogP) is 2.63. The highest BCUT2D eigenvalue weighted by Gasteiger charge is 2.25. The molecule has 1 fully saturated rings. The fourth-order valence-corrected chi connectivity index (χ4v) is 1.77. The zero-order chi connectivity index (χ0) is 10.8. The van der Waals surface area contributed by atoms with Crippen LogP contribution < -0.4 is 10.5 Å². The van der Waals surface area contributed by atoms with Gasteiger partial charge in [-0.3, -0.25) is 0 Å². The van der Waals surface area contributed by atoms with Gasteiger partial charge < -0.3 is 10.5 Å². The number of halogens is 1. The molecule has 2 rings (SSSR count). The van der Waals surface area contributed by atoms with Crippen LogP contribution in [0.5, 0.6) is 5.75 Å². The summed E-state index contributed by atoms with van der Waals surface area (Å²) in [7, 11) is 1.57. The summed E-state index contributed by atoms with van der Waals surface area (Å²) in [5, 5.41) is 0. The molecule has 0 aliphatic heterocycles. The Balaban J connectivity index is 2.16. The molecule has 82 valence electrons. The van der Waals surface area contributed by atoms with Gasteiger partial charge in [0.1, 0.15) is 11.6 Å². The molecule has 0 saturated heterocycles. The average molecular weight is 209 g/mol. The molecule has 0 aromatic heterocycles. The lowest BCUT2D eigenvalue weighted by Gasteiger charge is -2.13. The molecular weight excluding hydrogens is 193 g/mol. The van der Waals surface area contributed by atoms with E-state index in [-0.39, 0.29) is 11.9 Å². The van der Waals surface area contributed by atoms with Crippen LogP contribution in [-0.2, 0) is 0 Å². The summed E-state index contributed by atoms with van der Waals surface area (Å²) < 4.78 is 18.6. The summed E-state index contributed by atoms with van der Waals surface area (Å²) in [5.41, 5.74) is 6.54. The molecule has 0 radical (unpaired) electrons. The zero-order valence-electron chi connectivity index (χ0n) is 8.87. The molecule has 0 heterocycles. The van der Waals surface area contributed by atoms with Gasteiger partial charge in [0.05, 0.1) is 7.11 Å². The van der Waals surface area contributed by atoms with E-state index in [4.69, 9.17) is 10.5 Å². The van der Waals surface area contributed by atoms with Gasteiger partial charge in [-0.1, -0.05) is 12.8 Å².